The molecule has 24 heavy (non-hydrogen) atoms. The molecular formula is C18H24N2O4. The van der Waals surface area contributed by atoms with Gasteiger partial charge >= 0.3 is 0 Å². The molecular weight excluding hydrogens is 308 g/mol. The van der Waals surface area contributed by atoms with Crippen LogP contribution >= 0.6 is 0 Å². The van der Waals surface area contributed by atoms with Gasteiger partial charge in [-0.2, -0.15) is 0 Å². The van der Waals surface area contributed by atoms with E-state index in [1.807, 2.05) is 17.0 Å². The Bertz CT molecular complexity index is 590. The molecule has 1 aromatic carbocycles. The maximum Gasteiger partial charge on any atom is 0.253 e. The highest BCUT2D eigenvalue weighted by molar-refractivity contribution is 5.94. The van der Waals surface area contributed by atoms with Crippen LogP contribution in [0.1, 0.15) is 36.0 Å². The van der Waals surface area contributed by atoms with Crippen LogP contribution in [0.2, 0.25) is 0 Å². The third-order valence-corrected chi connectivity index (χ3v) is 4.67. The first kappa shape index (κ1) is 16.8. The van der Waals surface area contributed by atoms with Crippen molar-refractivity contribution in [3.05, 3.63) is 29.8 Å². The SMILES string of the molecule is COc1cccc(C(=O)N2CCC(NC(=O)C3CCCO3)CC2)c1. The zero-order chi connectivity index (χ0) is 16.9. The first-order valence-electron chi connectivity index (χ1n) is 8.52. The molecule has 1 aromatic rings. The largest absolute Gasteiger partial charge is 0.497 e. The highest BCUT2D eigenvalue weighted by atomic mass is 16.5. The van der Waals surface area contributed by atoms with Crippen molar-refractivity contribution in [2.75, 3.05) is 26.8 Å². The van der Waals surface area contributed by atoms with Crippen LogP contribution in [0.4, 0.5) is 0 Å². The Labute approximate surface area is 142 Å². The standard InChI is InChI=1S/C18H24N2O4/c1-23-15-5-2-4-13(12-15)18(22)20-9-7-14(8-10-20)19-17(21)16-6-3-11-24-16/h2,4-5,12,14,16H,3,6-11H2,1H3,(H,19,21). The molecule has 1 atom stereocenters. The third kappa shape index (κ3) is 3.87. The summed E-state index contributed by atoms with van der Waals surface area (Å²) in [5.74, 6) is 0.683. The van der Waals surface area contributed by atoms with Crippen molar-refractivity contribution in [1.29, 1.82) is 0 Å². The normalized spacial score (nSPS) is 21.5. The summed E-state index contributed by atoms with van der Waals surface area (Å²) in [6.45, 7) is 1.96. The van der Waals surface area contributed by atoms with Crippen LogP contribution in [0, 0.1) is 0 Å². The Balaban J connectivity index is 1.50. The van der Waals surface area contributed by atoms with Gasteiger partial charge in [-0.15, -0.1) is 0 Å². The van der Waals surface area contributed by atoms with Gasteiger partial charge in [0.05, 0.1) is 7.11 Å². The van der Waals surface area contributed by atoms with Crippen molar-refractivity contribution < 1.29 is 19.1 Å². The smallest absolute Gasteiger partial charge is 0.253 e. The maximum absolute atomic E-state index is 12.6. The lowest BCUT2D eigenvalue weighted by atomic mass is 10.0. The summed E-state index contributed by atoms with van der Waals surface area (Å²) in [5, 5.41) is 3.06. The molecule has 1 N–H and O–H groups in total. The predicted octanol–water partition coefficient (Wildman–Crippen LogP) is 1.59. The van der Waals surface area contributed by atoms with Crippen LogP contribution in [0.3, 0.4) is 0 Å². The van der Waals surface area contributed by atoms with Crippen molar-refractivity contribution in [1.82, 2.24) is 10.2 Å². The highest BCUT2D eigenvalue weighted by Gasteiger charge is 2.28. The van der Waals surface area contributed by atoms with Crippen molar-refractivity contribution in [2.45, 2.75) is 37.8 Å². The number of amides is 2. The third-order valence-electron chi connectivity index (χ3n) is 4.67. The van der Waals surface area contributed by atoms with Gasteiger partial charge in [-0.05, 0) is 43.9 Å². The molecule has 1 unspecified atom stereocenters. The molecule has 0 spiro atoms. The maximum atomic E-state index is 12.6. The molecule has 0 saturated carbocycles. The van der Waals surface area contributed by atoms with Crippen LogP contribution in [-0.4, -0.2) is 55.7 Å². The number of piperidine rings is 1. The zero-order valence-corrected chi connectivity index (χ0v) is 14.0. The second-order valence-corrected chi connectivity index (χ2v) is 6.31. The molecule has 2 saturated heterocycles. The summed E-state index contributed by atoms with van der Waals surface area (Å²) >= 11 is 0. The Morgan fingerprint density at radius 3 is 2.71 bits per heavy atom. The van der Waals surface area contributed by atoms with E-state index in [4.69, 9.17) is 9.47 Å². The highest BCUT2D eigenvalue weighted by Crippen LogP contribution is 2.18. The quantitative estimate of drug-likeness (QED) is 0.909. The fraction of sp³-hybridized carbons (Fsp3) is 0.556. The van der Waals surface area contributed by atoms with Gasteiger partial charge in [-0.25, -0.2) is 0 Å². The summed E-state index contributed by atoms with van der Waals surface area (Å²) < 4.78 is 10.6. The molecule has 2 aliphatic rings. The van der Waals surface area contributed by atoms with Gasteiger partial charge in [-0.1, -0.05) is 6.07 Å². The molecule has 2 fully saturated rings. The predicted molar refractivity (Wildman–Crippen MR) is 89.0 cm³/mol. The average molecular weight is 332 g/mol. The lowest BCUT2D eigenvalue weighted by Gasteiger charge is -2.33. The molecule has 0 bridgehead atoms. The molecule has 2 aliphatic heterocycles. The number of nitrogens with zero attached hydrogens (tertiary/aromatic N) is 1. The number of methoxy groups -OCH3 is 1. The topological polar surface area (TPSA) is 67.9 Å². The number of carbonyl (C=O) groups is 2. The number of carbonyl (C=O) groups excluding carboxylic acids is 2. The lowest BCUT2D eigenvalue weighted by Crippen LogP contribution is -2.48. The minimum absolute atomic E-state index is 0.00919. The van der Waals surface area contributed by atoms with Gasteiger partial charge in [0.15, 0.2) is 0 Å². The molecule has 6 heteroatoms. The van der Waals surface area contributed by atoms with E-state index in [2.05, 4.69) is 5.32 Å². The van der Waals surface area contributed by atoms with E-state index in [1.54, 1.807) is 19.2 Å². The van der Waals surface area contributed by atoms with Crippen LogP contribution in [0.5, 0.6) is 5.75 Å². The summed E-state index contributed by atoms with van der Waals surface area (Å²) in [4.78, 5) is 26.5. The van der Waals surface area contributed by atoms with Crippen LogP contribution in [0.15, 0.2) is 24.3 Å². The summed E-state index contributed by atoms with van der Waals surface area (Å²) in [6.07, 6.45) is 3.01. The summed E-state index contributed by atoms with van der Waals surface area (Å²) in [7, 11) is 1.59. The Morgan fingerprint density at radius 1 is 1.25 bits per heavy atom. The second kappa shape index (κ2) is 7.66. The molecule has 0 aromatic heterocycles. The monoisotopic (exact) mass is 332 g/mol. The van der Waals surface area contributed by atoms with Gasteiger partial charge in [0.2, 0.25) is 5.91 Å². The minimum Gasteiger partial charge on any atom is -0.497 e. The Kier molecular flexibility index (Phi) is 5.35. The van der Waals surface area contributed by atoms with Crippen molar-refractivity contribution in [3.63, 3.8) is 0 Å². The molecule has 0 radical (unpaired) electrons. The Morgan fingerprint density at radius 2 is 2.04 bits per heavy atom. The number of hydrogen-bond donors (Lipinski definition) is 1. The Hall–Kier alpha value is -2.08. The van der Waals surface area contributed by atoms with E-state index in [-0.39, 0.29) is 24.0 Å². The van der Waals surface area contributed by atoms with E-state index in [1.165, 1.54) is 0 Å². The van der Waals surface area contributed by atoms with E-state index in [9.17, 15) is 9.59 Å². The van der Waals surface area contributed by atoms with Gasteiger partial charge < -0.3 is 19.7 Å². The van der Waals surface area contributed by atoms with Gasteiger partial charge in [0.1, 0.15) is 11.9 Å². The number of hydrogen-bond acceptors (Lipinski definition) is 4. The van der Waals surface area contributed by atoms with Crippen LogP contribution in [0.25, 0.3) is 0 Å². The van der Waals surface area contributed by atoms with Crippen LogP contribution in [-0.2, 0) is 9.53 Å². The van der Waals surface area contributed by atoms with Gasteiger partial charge in [0, 0.05) is 31.3 Å². The molecule has 3 rings (SSSR count). The summed E-state index contributed by atoms with van der Waals surface area (Å²) in [5.41, 5.74) is 0.635. The van der Waals surface area contributed by atoms with E-state index < -0.39 is 0 Å². The van der Waals surface area contributed by atoms with Crippen molar-refractivity contribution in [2.24, 2.45) is 0 Å². The fourth-order valence-electron chi connectivity index (χ4n) is 3.24. The van der Waals surface area contributed by atoms with Crippen LogP contribution < -0.4 is 10.1 Å². The first-order chi connectivity index (χ1) is 11.7. The summed E-state index contributed by atoms with van der Waals surface area (Å²) in [6, 6.07) is 7.32. The molecule has 2 amide bonds. The number of likely N-dealkylation sites (tertiary alicyclic amines) is 1. The first-order valence-corrected chi connectivity index (χ1v) is 8.52. The molecule has 6 nitrogen and oxygen atoms in total. The van der Waals surface area contributed by atoms with E-state index in [0.29, 0.717) is 31.0 Å². The fourth-order valence-corrected chi connectivity index (χ4v) is 3.24. The van der Waals surface area contributed by atoms with E-state index in [0.717, 1.165) is 25.7 Å². The van der Waals surface area contributed by atoms with Gasteiger partial charge in [-0.3, -0.25) is 9.59 Å². The zero-order valence-electron chi connectivity index (χ0n) is 14.0. The number of rotatable bonds is 4. The number of nitrogens with one attached hydrogen (secondary N) is 1. The number of benzene rings is 1. The number of ether oxygens (including phenoxy) is 2. The molecule has 130 valence electrons. The molecule has 0 aliphatic carbocycles. The van der Waals surface area contributed by atoms with E-state index >= 15 is 0 Å². The lowest BCUT2D eigenvalue weighted by molar-refractivity contribution is -0.131. The average Bonchev–Trinajstić information content (AvgIpc) is 3.16. The van der Waals surface area contributed by atoms with Crippen molar-refractivity contribution in [3.8, 4) is 5.75 Å². The van der Waals surface area contributed by atoms with Gasteiger partial charge in [0.25, 0.3) is 5.91 Å². The second-order valence-electron chi connectivity index (χ2n) is 6.31. The van der Waals surface area contributed by atoms with Crippen molar-refractivity contribution >= 4 is 11.8 Å². The molecule has 2 heterocycles. The minimum atomic E-state index is -0.290.